The van der Waals surface area contributed by atoms with Crippen molar-refractivity contribution in [3.8, 4) is 5.75 Å². The number of anilines is 2. The number of hydrogen-bond acceptors (Lipinski definition) is 3. The van der Waals surface area contributed by atoms with Crippen LogP contribution in [0.1, 0.15) is 32.6 Å². The Bertz CT molecular complexity index is 417. The molecule has 3 nitrogen and oxygen atoms in total. The maximum atomic E-state index is 13.6. The second-order valence-corrected chi connectivity index (χ2v) is 4.82. The molecule has 1 aliphatic carbocycles. The SMILES string of the molecule is CCOc1cc(N(C)C2CCCC2)c(N)cc1F. The van der Waals surface area contributed by atoms with Crippen molar-refractivity contribution >= 4 is 11.4 Å². The van der Waals surface area contributed by atoms with Crippen molar-refractivity contribution in [1.82, 2.24) is 0 Å². The van der Waals surface area contributed by atoms with Gasteiger partial charge in [-0.15, -0.1) is 0 Å². The number of nitrogens with two attached hydrogens (primary N) is 1. The molecule has 2 rings (SSSR count). The Hall–Kier alpha value is -1.45. The molecule has 0 heterocycles. The van der Waals surface area contributed by atoms with Gasteiger partial charge in [0.2, 0.25) is 0 Å². The molecule has 1 fully saturated rings. The lowest BCUT2D eigenvalue weighted by Crippen LogP contribution is -2.29. The second kappa shape index (κ2) is 5.46. The van der Waals surface area contributed by atoms with E-state index in [2.05, 4.69) is 4.90 Å². The third-order valence-electron chi connectivity index (χ3n) is 3.63. The molecule has 0 saturated heterocycles. The van der Waals surface area contributed by atoms with Gasteiger partial charge < -0.3 is 15.4 Å². The highest BCUT2D eigenvalue weighted by molar-refractivity contribution is 5.70. The van der Waals surface area contributed by atoms with Gasteiger partial charge in [-0.25, -0.2) is 4.39 Å². The van der Waals surface area contributed by atoms with Gasteiger partial charge in [0.1, 0.15) is 0 Å². The second-order valence-electron chi connectivity index (χ2n) is 4.82. The van der Waals surface area contributed by atoms with Crippen molar-refractivity contribution < 1.29 is 9.13 Å². The van der Waals surface area contributed by atoms with Crippen molar-refractivity contribution in [1.29, 1.82) is 0 Å². The lowest BCUT2D eigenvalue weighted by atomic mass is 10.1. The van der Waals surface area contributed by atoms with E-state index in [0.29, 0.717) is 18.3 Å². The topological polar surface area (TPSA) is 38.5 Å². The third kappa shape index (κ3) is 2.52. The molecule has 0 atom stereocenters. The fourth-order valence-corrected chi connectivity index (χ4v) is 2.62. The lowest BCUT2D eigenvalue weighted by molar-refractivity contribution is 0.321. The number of ether oxygens (including phenoxy) is 1. The zero-order valence-electron chi connectivity index (χ0n) is 11.1. The van der Waals surface area contributed by atoms with Gasteiger partial charge in [-0.1, -0.05) is 12.8 Å². The van der Waals surface area contributed by atoms with E-state index >= 15 is 0 Å². The van der Waals surface area contributed by atoms with Crippen LogP contribution in [0.4, 0.5) is 15.8 Å². The van der Waals surface area contributed by atoms with Gasteiger partial charge in [0, 0.05) is 25.2 Å². The molecular formula is C14H21FN2O. The molecule has 0 unspecified atom stereocenters. The van der Waals surface area contributed by atoms with Gasteiger partial charge >= 0.3 is 0 Å². The minimum absolute atomic E-state index is 0.284. The first-order chi connectivity index (χ1) is 8.63. The predicted octanol–water partition coefficient (Wildman–Crippen LogP) is 3.19. The average Bonchev–Trinajstić information content (AvgIpc) is 2.85. The Balaban J connectivity index is 2.27. The van der Waals surface area contributed by atoms with Crippen LogP contribution in [0, 0.1) is 5.82 Å². The van der Waals surface area contributed by atoms with Crippen molar-refractivity contribution in [2.24, 2.45) is 0 Å². The highest BCUT2D eigenvalue weighted by atomic mass is 19.1. The van der Waals surface area contributed by atoms with Crippen LogP contribution in [0.5, 0.6) is 5.75 Å². The molecule has 1 aliphatic rings. The molecular weight excluding hydrogens is 231 g/mol. The molecule has 0 bridgehead atoms. The Kier molecular flexibility index (Phi) is 3.94. The van der Waals surface area contributed by atoms with Gasteiger partial charge in [-0.2, -0.15) is 0 Å². The smallest absolute Gasteiger partial charge is 0.167 e. The number of nitrogens with zero attached hydrogens (tertiary/aromatic N) is 1. The maximum Gasteiger partial charge on any atom is 0.167 e. The summed E-state index contributed by atoms with van der Waals surface area (Å²) in [5, 5.41) is 0. The Morgan fingerprint density at radius 1 is 1.39 bits per heavy atom. The molecule has 0 radical (unpaired) electrons. The number of halogens is 1. The summed E-state index contributed by atoms with van der Waals surface area (Å²) >= 11 is 0. The Morgan fingerprint density at radius 3 is 2.67 bits per heavy atom. The summed E-state index contributed by atoms with van der Waals surface area (Å²) in [6.45, 7) is 2.30. The Morgan fingerprint density at radius 2 is 2.06 bits per heavy atom. The largest absolute Gasteiger partial charge is 0.491 e. The normalized spacial score (nSPS) is 15.9. The van der Waals surface area contributed by atoms with Gasteiger partial charge in [0.25, 0.3) is 0 Å². The molecule has 100 valence electrons. The number of rotatable bonds is 4. The molecule has 1 aromatic carbocycles. The number of nitrogen functional groups attached to an aromatic ring is 1. The molecule has 4 heteroatoms. The molecule has 2 N–H and O–H groups in total. The first-order valence-corrected chi connectivity index (χ1v) is 6.58. The van der Waals surface area contributed by atoms with Crippen molar-refractivity contribution in [2.45, 2.75) is 38.6 Å². The summed E-state index contributed by atoms with van der Waals surface area (Å²) in [6, 6.07) is 3.57. The highest BCUT2D eigenvalue weighted by Crippen LogP contribution is 2.34. The molecule has 0 spiro atoms. The molecule has 0 aromatic heterocycles. The fourth-order valence-electron chi connectivity index (χ4n) is 2.62. The van der Waals surface area contributed by atoms with Crippen LogP contribution in [0.3, 0.4) is 0 Å². The van der Waals surface area contributed by atoms with E-state index in [0.717, 1.165) is 5.69 Å². The van der Waals surface area contributed by atoms with Crippen LogP contribution in [-0.2, 0) is 0 Å². The average molecular weight is 252 g/mol. The first kappa shape index (κ1) is 13.0. The fraction of sp³-hybridized carbons (Fsp3) is 0.571. The monoisotopic (exact) mass is 252 g/mol. The van der Waals surface area contributed by atoms with Crippen molar-refractivity contribution in [2.75, 3.05) is 24.3 Å². The molecule has 0 amide bonds. The summed E-state index contributed by atoms with van der Waals surface area (Å²) in [4.78, 5) is 2.16. The first-order valence-electron chi connectivity index (χ1n) is 6.58. The van der Waals surface area contributed by atoms with E-state index in [1.807, 2.05) is 14.0 Å². The van der Waals surface area contributed by atoms with Gasteiger partial charge in [0.15, 0.2) is 11.6 Å². The summed E-state index contributed by atoms with van der Waals surface area (Å²) in [6.07, 6.45) is 4.87. The standard InChI is InChI=1S/C14H21FN2O/c1-3-18-14-9-13(12(16)8-11(14)15)17(2)10-6-4-5-7-10/h8-10H,3-7,16H2,1-2H3. The van der Waals surface area contributed by atoms with Crippen LogP contribution >= 0.6 is 0 Å². The number of benzene rings is 1. The summed E-state index contributed by atoms with van der Waals surface area (Å²) < 4.78 is 18.9. The van der Waals surface area contributed by atoms with Crippen LogP contribution < -0.4 is 15.4 Å². The van der Waals surface area contributed by atoms with Crippen LogP contribution in [0.2, 0.25) is 0 Å². The molecule has 0 aliphatic heterocycles. The quantitative estimate of drug-likeness (QED) is 0.836. The van der Waals surface area contributed by atoms with E-state index in [9.17, 15) is 4.39 Å². The number of hydrogen-bond donors (Lipinski definition) is 1. The highest BCUT2D eigenvalue weighted by Gasteiger charge is 2.22. The minimum atomic E-state index is -0.391. The third-order valence-corrected chi connectivity index (χ3v) is 3.63. The van der Waals surface area contributed by atoms with Gasteiger partial charge in [-0.3, -0.25) is 0 Å². The van der Waals surface area contributed by atoms with Crippen molar-refractivity contribution in [3.05, 3.63) is 17.9 Å². The lowest BCUT2D eigenvalue weighted by Gasteiger charge is -2.28. The summed E-state index contributed by atoms with van der Waals surface area (Å²) in [7, 11) is 2.02. The predicted molar refractivity (Wildman–Crippen MR) is 72.6 cm³/mol. The van der Waals surface area contributed by atoms with E-state index in [1.54, 1.807) is 6.07 Å². The molecule has 18 heavy (non-hydrogen) atoms. The van der Waals surface area contributed by atoms with Crippen LogP contribution in [0.15, 0.2) is 12.1 Å². The van der Waals surface area contributed by atoms with Gasteiger partial charge in [0.05, 0.1) is 18.0 Å². The van der Waals surface area contributed by atoms with Crippen LogP contribution in [-0.4, -0.2) is 19.7 Å². The van der Waals surface area contributed by atoms with E-state index in [1.165, 1.54) is 31.7 Å². The minimum Gasteiger partial charge on any atom is -0.491 e. The zero-order valence-corrected chi connectivity index (χ0v) is 11.1. The molecule has 1 saturated carbocycles. The van der Waals surface area contributed by atoms with Crippen molar-refractivity contribution in [3.63, 3.8) is 0 Å². The summed E-state index contributed by atoms with van der Waals surface area (Å²) in [5.41, 5.74) is 7.26. The Labute approximate surface area is 108 Å². The van der Waals surface area contributed by atoms with Gasteiger partial charge in [-0.05, 0) is 19.8 Å². The van der Waals surface area contributed by atoms with E-state index in [4.69, 9.17) is 10.5 Å². The van der Waals surface area contributed by atoms with E-state index in [-0.39, 0.29) is 5.75 Å². The molecule has 1 aromatic rings. The maximum absolute atomic E-state index is 13.6. The summed E-state index contributed by atoms with van der Waals surface area (Å²) in [5.74, 6) is -0.107. The van der Waals surface area contributed by atoms with E-state index < -0.39 is 5.82 Å². The van der Waals surface area contributed by atoms with Crippen LogP contribution in [0.25, 0.3) is 0 Å². The zero-order chi connectivity index (χ0) is 13.1.